The van der Waals surface area contributed by atoms with Crippen LogP contribution in [0.5, 0.6) is 0 Å². The summed E-state index contributed by atoms with van der Waals surface area (Å²) in [6.45, 7) is 4.42. The van der Waals surface area contributed by atoms with Gasteiger partial charge in [-0.2, -0.15) is 0 Å². The third kappa shape index (κ3) is 7.49. The van der Waals surface area contributed by atoms with Gasteiger partial charge in [-0.3, -0.25) is 0 Å². The van der Waals surface area contributed by atoms with E-state index in [4.69, 9.17) is 11.5 Å². The Hall–Kier alpha value is -0.513. The number of hydrogen-bond donors (Lipinski definition) is 2. The zero-order valence-corrected chi connectivity index (χ0v) is 8.21. The van der Waals surface area contributed by atoms with Gasteiger partial charge < -0.3 is 16.1 Å². The molecule has 0 bridgehead atoms. The number of rotatable bonds is 4. The topological polar surface area (TPSA) is 64.4 Å². The zero-order chi connectivity index (χ0) is 7.98. The predicted octanol–water partition coefficient (Wildman–Crippen LogP) is -0.192. The molecule has 0 saturated carbocycles. The molecule has 0 radical (unpaired) electrons. The molecule has 4 N–H and O–H groups in total. The van der Waals surface area contributed by atoms with Gasteiger partial charge in [0.1, 0.15) is 0 Å². The number of hydrogen-bond acceptors (Lipinski definition) is 1. The molecule has 0 saturated heterocycles. The average molecular weight is 159 g/mol. The molecule has 0 aliphatic heterocycles. The molecule has 0 aromatic heterocycles. The second kappa shape index (κ2) is 5.29. The fourth-order valence-electron chi connectivity index (χ4n) is 0.708. The lowest BCUT2D eigenvalue weighted by molar-refractivity contribution is 0.624. The summed E-state index contributed by atoms with van der Waals surface area (Å²) < 4.78 is 4.01. The first kappa shape index (κ1) is 9.49. The highest BCUT2D eigenvalue weighted by Gasteiger charge is 1.92. The Kier molecular flexibility index (Phi) is 5.01. The second-order valence-electron chi connectivity index (χ2n) is 2.84. The molecular weight excluding hydrogens is 142 g/mol. The van der Waals surface area contributed by atoms with E-state index in [1.54, 1.807) is 0 Å². The van der Waals surface area contributed by atoms with E-state index in [0.717, 1.165) is 5.92 Å². The van der Waals surface area contributed by atoms with E-state index < -0.39 is 0 Å². The number of nitrogens with two attached hydrogens (primary N) is 2. The minimum Gasteiger partial charge on any atom is -0.371 e. The first-order valence-corrected chi connectivity index (χ1v) is 5.31. The van der Waals surface area contributed by atoms with E-state index in [1.807, 2.05) is 0 Å². The third-order valence-corrected chi connectivity index (χ3v) is 2.55. The van der Waals surface area contributed by atoms with Crippen LogP contribution in [0.3, 0.4) is 0 Å². The smallest absolute Gasteiger partial charge is 0.175 e. The fourth-order valence-corrected chi connectivity index (χ4v) is 2.12. The maximum Gasteiger partial charge on any atom is 0.175 e. The molecule has 0 fully saturated rings. The summed E-state index contributed by atoms with van der Waals surface area (Å²) in [5.41, 5.74) is 10.3. The Morgan fingerprint density at radius 1 is 1.50 bits per heavy atom. The lowest BCUT2D eigenvalue weighted by atomic mass is 10.2. The Bertz CT molecular complexity index is 108. The quantitative estimate of drug-likeness (QED) is 0.258. The van der Waals surface area contributed by atoms with Crippen molar-refractivity contribution < 1.29 is 0 Å². The average Bonchev–Trinajstić information content (AvgIpc) is 1.79. The fraction of sp³-hybridized carbons (Fsp3) is 0.833. The highest BCUT2D eigenvalue weighted by Crippen LogP contribution is 2.02. The number of guanidine groups is 1. The van der Waals surface area contributed by atoms with Gasteiger partial charge in [-0.1, -0.05) is 20.3 Å². The van der Waals surface area contributed by atoms with Gasteiger partial charge in [-0.15, -0.1) is 0 Å². The normalized spacial score (nSPS) is 11.1. The van der Waals surface area contributed by atoms with Crippen molar-refractivity contribution in [2.75, 3.05) is 0 Å². The minimum absolute atomic E-state index is 0.260. The van der Waals surface area contributed by atoms with Crippen LogP contribution in [0.2, 0.25) is 6.04 Å². The van der Waals surface area contributed by atoms with E-state index >= 15 is 0 Å². The van der Waals surface area contributed by atoms with E-state index in [1.165, 1.54) is 12.5 Å². The molecule has 0 unspecified atom stereocenters. The first-order chi connectivity index (χ1) is 4.63. The maximum absolute atomic E-state index is 5.17. The largest absolute Gasteiger partial charge is 0.371 e. The van der Waals surface area contributed by atoms with Crippen LogP contribution in [0.15, 0.2) is 4.66 Å². The molecule has 0 aliphatic rings. The molecule has 0 aromatic carbocycles. The lowest BCUT2D eigenvalue weighted by Crippen LogP contribution is -2.23. The van der Waals surface area contributed by atoms with Crippen LogP contribution in [-0.4, -0.2) is 15.6 Å². The molecule has 10 heavy (non-hydrogen) atoms. The first-order valence-electron chi connectivity index (χ1n) is 3.68. The van der Waals surface area contributed by atoms with Crippen molar-refractivity contribution in [3.05, 3.63) is 0 Å². The minimum atomic E-state index is -0.341. The SMILES string of the molecule is CC(C)CC[SiH2]N=C(N)N. The van der Waals surface area contributed by atoms with Crippen LogP contribution in [0.4, 0.5) is 0 Å². The summed E-state index contributed by atoms with van der Waals surface area (Å²) in [4.78, 5) is 0. The van der Waals surface area contributed by atoms with Crippen LogP contribution in [-0.2, 0) is 0 Å². The molecule has 0 aliphatic carbocycles. The second-order valence-corrected chi connectivity index (χ2v) is 4.31. The summed E-state index contributed by atoms with van der Waals surface area (Å²) in [5.74, 6) is 1.04. The molecule has 0 aromatic rings. The van der Waals surface area contributed by atoms with Gasteiger partial charge in [0, 0.05) is 0 Å². The van der Waals surface area contributed by atoms with Gasteiger partial charge in [0.2, 0.25) is 0 Å². The monoisotopic (exact) mass is 159 g/mol. The highest BCUT2D eigenvalue weighted by molar-refractivity contribution is 6.35. The molecular formula is C6H17N3Si. The van der Waals surface area contributed by atoms with Crippen molar-refractivity contribution >= 4 is 15.6 Å². The van der Waals surface area contributed by atoms with Crippen molar-refractivity contribution in [3.8, 4) is 0 Å². The van der Waals surface area contributed by atoms with E-state index in [2.05, 4.69) is 18.5 Å². The van der Waals surface area contributed by atoms with Crippen LogP contribution < -0.4 is 11.5 Å². The Labute approximate surface area is 64.8 Å². The standard InChI is InChI=1S/C6H17N3Si/c1-5(2)3-4-10-9-6(7)8/h5H,3-4,10H2,1-2H3,(H4,7,8,9). The summed E-state index contributed by atoms with van der Waals surface area (Å²) in [6, 6.07) is 1.22. The van der Waals surface area contributed by atoms with Gasteiger partial charge in [0.15, 0.2) is 15.6 Å². The molecule has 3 nitrogen and oxygen atoms in total. The van der Waals surface area contributed by atoms with E-state index in [9.17, 15) is 0 Å². The molecule has 0 spiro atoms. The molecule has 0 heterocycles. The molecule has 0 amide bonds. The number of nitrogens with zero attached hydrogens (tertiary/aromatic N) is 1. The molecule has 0 atom stereocenters. The van der Waals surface area contributed by atoms with Crippen LogP contribution >= 0.6 is 0 Å². The van der Waals surface area contributed by atoms with E-state index in [-0.39, 0.29) is 15.6 Å². The summed E-state index contributed by atoms with van der Waals surface area (Å²) in [5, 5.41) is 0. The Morgan fingerprint density at radius 2 is 2.10 bits per heavy atom. The van der Waals surface area contributed by atoms with Gasteiger partial charge in [-0.05, 0) is 12.0 Å². The molecule has 0 rings (SSSR count). The maximum atomic E-state index is 5.17. The summed E-state index contributed by atoms with van der Waals surface area (Å²) in [7, 11) is -0.341. The van der Waals surface area contributed by atoms with Crippen molar-refractivity contribution in [3.63, 3.8) is 0 Å². The van der Waals surface area contributed by atoms with Gasteiger partial charge in [0.25, 0.3) is 0 Å². The van der Waals surface area contributed by atoms with Crippen molar-refractivity contribution in [2.45, 2.75) is 26.3 Å². The highest BCUT2D eigenvalue weighted by atomic mass is 28.2. The zero-order valence-electron chi connectivity index (χ0n) is 6.80. The predicted molar refractivity (Wildman–Crippen MR) is 48.6 cm³/mol. The molecule has 4 heteroatoms. The lowest BCUT2D eigenvalue weighted by Gasteiger charge is -1.99. The van der Waals surface area contributed by atoms with Crippen molar-refractivity contribution in [1.82, 2.24) is 0 Å². The van der Waals surface area contributed by atoms with Crippen LogP contribution in [0.25, 0.3) is 0 Å². The van der Waals surface area contributed by atoms with E-state index in [0.29, 0.717) is 0 Å². The van der Waals surface area contributed by atoms with Gasteiger partial charge >= 0.3 is 0 Å². The molecule has 60 valence electrons. The van der Waals surface area contributed by atoms with Gasteiger partial charge in [0.05, 0.1) is 0 Å². The Balaban J connectivity index is 3.13. The summed E-state index contributed by atoms with van der Waals surface area (Å²) >= 11 is 0. The third-order valence-electron chi connectivity index (χ3n) is 1.23. The Morgan fingerprint density at radius 3 is 2.50 bits per heavy atom. The van der Waals surface area contributed by atoms with Crippen LogP contribution in [0, 0.1) is 5.92 Å². The van der Waals surface area contributed by atoms with Gasteiger partial charge in [-0.25, -0.2) is 0 Å². The van der Waals surface area contributed by atoms with Crippen LogP contribution in [0.1, 0.15) is 20.3 Å². The van der Waals surface area contributed by atoms with Crippen molar-refractivity contribution in [2.24, 2.45) is 22.0 Å². The van der Waals surface area contributed by atoms with Crippen molar-refractivity contribution in [1.29, 1.82) is 0 Å². The summed E-state index contributed by atoms with van der Waals surface area (Å²) in [6.07, 6.45) is 1.25.